The first-order valence-electron chi connectivity index (χ1n) is 5.83. The summed E-state index contributed by atoms with van der Waals surface area (Å²) in [5.74, 6) is -1.02. The summed E-state index contributed by atoms with van der Waals surface area (Å²) in [6.45, 7) is 0.407. The van der Waals surface area contributed by atoms with E-state index in [1.165, 1.54) is 23.1 Å². The van der Waals surface area contributed by atoms with E-state index in [1.54, 1.807) is 7.05 Å². The number of benzene rings is 2. The summed E-state index contributed by atoms with van der Waals surface area (Å²) in [6.07, 6.45) is 0. The molecule has 0 bridgehead atoms. The summed E-state index contributed by atoms with van der Waals surface area (Å²) >= 11 is 5.88. The number of nitrogens with zero attached hydrogens (tertiary/aromatic N) is 1. The maximum Gasteiger partial charge on any atom is 0.258 e. The van der Waals surface area contributed by atoms with E-state index in [4.69, 9.17) is 11.6 Å². The lowest BCUT2D eigenvalue weighted by Crippen LogP contribution is -2.27. The van der Waals surface area contributed by atoms with Crippen molar-refractivity contribution in [1.29, 1.82) is 0 Å². The Bertz CT molecular complexity index is 566. The molecule has 0 radical (unpaired) electrons. The normalized spacial score (nSPS) is 10.3. The van der Waals surface area contributed by atoms with Crippen LogP contribution in [0.2, 0.25) is 5.02 Å². The molecule has 0 atom stereocenters. The van der Waals surface area contributed by atoms with Crippen LogP contribution in [0.15, 0.2) is 48.5 Å². The SMILES string of the molecule is CN(Cc1ccccc1)C(=O)c1c(F)cccc1Cl. The van der Waals surface area contributed by atoms with Gasteiger partial charge in [0.1, 0.15) is 5.82 Å². The average molecular weight is 278 g/mol. The van der Waals surface area contributed by atoms with Gasteiger partial charge >= 0.3 is 0 Å². The highest BCUT2D eigenvalue weighted by atomic mass is 35.5. The molecule has 0 aliphatic carbocycles. The van der Waals surface area contributed by atoms with Gasteiger partial charge in [-0.2, -0.15) is 0 Å². The fourth-order valence-electron chi connectivity index (χ4n) is 1.82. The second-order valence-electron chi connectivity index (χ2n) is 4.24. The van der Waals surface area contributed by atoms with Gasteiger partial charge in [-0.15, -0.1) is 0 Å². The van der Waals surface area contributed by atoms with Crippen LogP contribution in [0.5, 0.6) is 0 Å². The molecular formula is C15H13ClFNO. The minimum absolute atomic E-state index is 0.0809. The summed E-state index contributed by atoms with van der Waals surface area (Å²) in [5.41, 5.74) is 0.897. The van der Waals surface area contributed by atoms with Crippen LogP contribution in [0.3, 0.4) is 0 Å². The van der Waals surface area contributed by atoms with Gasteiger partial charge in [0, 0.05) is 13.6 Å². The van der Waals surface area contributed by atoms with Crippen molar-refractivity contribution in [2.45, 2.75) is 6.54 Å². The molecule has 0 saturated carbocycles. The smallest absolute Gasteiger partial charge is 0.258 e. The predicted molar refractivity (Wildman–Crippen MR) is 73.6 cm³/mol. The van der Waals surface area contributed by atoms with Gasteiger partial charge in [0.2, 0.25) is 0 Å². The fourth-order valence-corrected chi connectivity index (χ4v) is 2.07. The van der Waals surface area contributed by atoms with E-state index in [9.17, 15) is 9.18 Å². The van der Waals surface area contributed by atoms with Gasteiger partial charge in [-0.05, 0) is 17.7 Å². The van der Waals surface area contributed by atoms with Crippen molar-refractivity contribution in [1.82, 2.24) is 4.90 Å². The van der Waals surface area contributed by atoms with Crippen LogP contribution in [0, 0.1) is 5.82 Å². The lowest BCUT2D eigenvalue weighted by atomic mass is 10.1. The molecule has 2 rings (SSSR count). The van der Waals surface area contributed by atoms with Gasteiger partial charge in [-0.3, -0.25) is 4.79 Å². The molecule has 1 amide bonds. The first kappa shape index (κ1) is 13.6. The van der Waals surface area contributed by atoms with Gasteiger partial charge in [0.25, 0.3) is 5.91 Å². The first-order valence-corrected chi connectivity index (χ1v) is 6.21. The van der Waals surface area contributed by atoms with Crippen molar-refractivity contribution < 1.29 is 9.18 Å². The molecular weight excluding hydrogens is 265 g/mol. The van der Waals surface area contributed by atoms with Gasteiger partial charge < -0.3 is 4.90 Å². The molecule has 19 heavy (non-hydrogen) atoms. The molecule has 0 unspecified atom stereocenters. The molecule has 0 aromatic heterocycles. The number of hydrogen-bond donors (Lipinski definition) is 0. The van der Waals surface area contributed by atoms with Crippen LogP contribution < -0.4 is 0 Å². The fraction of sp³-hybridized carbons (Fsp3) is 0.133. The highest BCUT2D eigenvalue weighted by Crippen LogP contribution is 2.21. The van der Waals surface area contributed by atoms with E-state index < -0.39 is 11.7 Å². The van der Waals surface area contributed by atoms with E-state index in [0.717, 1.165) is 5.56 Å². The van der Waals surface area contributed by atoms with Gasteiger partial charge in [0.05, 0.1) is 10.6 Å². The molecule has 2 nitrogen and oxygen atoms in total. The second kappa shape index (κ2) is 5.85. The zero-order valence-corrected chi connectivity index (χ0v) is 11.2. The largest absolute Gasteiger partial charge is 0.337 e. The molecule has 0 N–H and O–H groups in total. The van der Waals surface area contributed by atoms with Crippen molar-refractivity contribution in [3.05, 3.63) is 70.5 Å². The van der Waals surface area contributed by atoms with Crippen molar-refractivity contribution in [3.63, 3.8) is 0 Å². The van der Waals surface area contributed by atoms with Crippen LogP contribution in [0.4, 0.5) is 4.39 Å². The Morgan fingerprint density at radius 2 is 1.84 bits per heavy atom. The molecule has 0 saturated heterocycles. The number of halogens is 2. The lowest BCUT2D eigenvalue weighted by molar-refractivity contribution is 0.0780. The number of carbonyl (C=O) groups is 1. The van der Waals surface area contributed by atoms with Crippen molar-refractivity contribution in [3.8, 4) is 0 Å². The van der Waals surface area contributed by atoms with Crippen LogP contribution in [-0.2, 0) is 6.54 Å². The maximum absolute atomic E-state index is 13.7. The number of rotatable bonds is 3. The number of hydrogen-bond acceptors (Lipinski definition) is 1. The molecule has 4 heteroatoms. The monoisotopic (exact) mass is 277 g/mol. The van der Waals surface area contributed by atoms with E-state index in [2.05, 4.69) is 0 Å². The third-order valence-corrected chi connectivity index (χ3v) is 3.10. The Labute approximate surface area is 116 Å². The van der Waals surface area contributed by atoms with E-state index in [-0.39, 0.29) is 10.6 Å². The Balaban J connectivity index is 2.20. The quantitative estimate of drug-likeness (QED) is 0.837. The Morgan fingerprint density at radius 3 is 2.47 bits per heavy atom. The van der Waals surface area contributed by atoms with Crippen LogP contribution in [0.1, 0.15) is 15.9 Å². The predicted octanol–water partition coefficient (Wildman–Crippen LogP) is 3.75. The minimum Gasteiger partial charge on any atom is -0.337 e. The molecule has 2 aromatic carbocycles. The van der Waals surface area contributed by atoms with E-state index in [0.29, 0.717) is 6.54 Å². The summed E-state index contributed by atoms with van der Waals surface area (Å²) in [5, 5.41) is 0.130. The van der Waals surface area contributed by atoms with Crippen molar-refractivity contribution in [2.24, 2.45) is 0 Å². The number of carbonyl (C=O) groups excluding carboxylic acids is 1. The standard InChI is InChI=1S/C15H13ClFNO/c1-18(10-11-6-3-2-4-7-11)15(19)14-12(16)8-5-9-13(14)17/h2-9H,10H2,1H3. The van der Waals surface area contributed by atoms with Crippen molar-refractivity contribution >= 4 is 17.5 Å². The third kappa shape index (κ3) is 3.12. The van der Waals surface area contributed by atoms with Crippen LogP contribution >= 0.6 is 11.6 Å². The lowest BCUT2D eigenvalue weighted by Gasteiger charge is -2.18. The van der Waals surface area contributed by atoms with Gasteiger partial charge in [-0.25, -0.2) is 4.39 Å². The zero-order chi connectivity index (χ0) is 13.8. The zero-order valence-electron chi connectivity index (χ0n) is 10.4. The van der Waals surface area contributed by atoms with Crippen LogP contribution in [-0.4, -0.2) is 17.9 Å². The molecule has 0 aliphatic heterocycles. The minimum atomic E-state index is -0.600. The summed E-state index contributed by atoms with van der Waals surface area (Å²) < 4.78 is 13.7. The Kier molecular flexibility index (Phi) is 4.17. The van der Waals surface area contributed by atoms with E-state index >= 15 is 0 Å². The number of amides is 1. The summed E-state index contributed by atoms with van der Waals surface area (Å²) in [6, 6.07) is 13.7. The molecule has 2 aromatic rings. The highest BCUT2D eigenvalue weighted by Gasteiger charge is 2.19. The van der Waals surface area contributed by atoms with Crippen LogP contribution in [0.25, 0.3) is 0 Å². The average Bonchev–Trinajstić information content (AvgIpc) is 2.39. The van der Waals surface area contributed by atoms with Crippen molar-refractivity contribution in [2.75, 3.05) is 7.05 Å². The maximum atomic E-state index is 13.7. The summed E-state index contributed by atoms with van der Waals surface area (Å²) in [4.78, 5) is 13.6. The topological polar surface area (TPSA) is 20.3 Å². The Morgan fingerprint density at radius 1 is 1.16 bits per heavy atom. The van der Waals surface area contributed by atoms with Gasteiger partial charge in [0.15, 0.2) is 0 Å². The molecule has 98 valence electrons. The second-order valence-corrected chi connectivity index (χ2v) is 4.65. The molecule has 0 fully saturated rings. The highest BCUT2D eigenvalue weighted by molar-refractivity contribution is 6.33. The molecule has 0 spiro atoms. The molecule has 0 aliphatic rings. The summed E-state index contributed by atoms with van der Waals surface area (Å²) in [7, 11) is 1.62. The first-order chi connectivity index (χ1) is 9.09. The van der Waals surface area contributed by atoms with Gasteiger partial charge in [-0.1, -0.05) is 48.0 Å². The third-order valence-electron chi connectivity index (χ3n) is 2.79. The Hall–Kier alpha value is -1.87. The van der Waals surface area contributed by atoms with E-state index in [1.807, 2.05) is 30.3 Å². The molecule has 0 heterocycles.